The van der Waals surface area contributed by atoms with Crippen LogP contribution in [0, 0.1) is 35.0 Å². The van der Waals surface area contributed by atoms with Gasteiger partial charge in [0, 0.05) is 0 Å². The van der Waals surface area contributed by atoms with Crippen molar-refractivity contribution in [2.75, 3.05) is 0 Å². The minimum Gasteiger partial charge on any atom is -0.0654 e. The van der Waals surface area contributed by atoms with Gasteiger partial charge in [0.1, 0.15) is 0 Å². The summed E-state index contributed by atoms with van der Waals surface area (Å²) in [4.78, 5) is 0. The maximum atomic E-state index is 2.52. The molecular formula is C20H38. The van der Waals surface area contributed by atoms with Crippen molar-refractivity contribution in [2.45, 2.75) is 92.4 Å². The predicted molar refractivity (Wildman–Crippen MR) is 89.8 cm³/mol. The van der Waals surface area contributed by atoms with Gasteiger partial charge in [-0.15, -0.1) is 0 Å². The minimum absolute atomic E-state index is 0.689. The Morgan fingerprint density at radius 1 is 1.15 bits per heavy atom. The van der Waals surface area contributed by atoms with Crippen molar-refractivity contribution in [3.63, 3.8) is 0 Å². The van der Waals surface area contributed by atoms with E-state index in [4.69, 9.17) is 0 Å². The maximum Gasteiger partial charge on any atom is -0.0326 e. The molecule has 0 radical (unpaired) electrons. The van der Waals surface area contributed by atoms with Crippen LogP contribution in [0.2, 0.25) is 0 Å². The van der Waals surface area contributed by atoms with Gasteiger partial charge in [0.15, 0.2) is 0 Å². The molecule has 20 heavy (non-hydrogen) atoms. The standard InChI is InChI=1S/C20H38/c1-6-8-15(3)13-19-16(4)18(19)10-9-17-11-12-20(5,7-2)14-17/h15-19H,6-14H2,1-5H3. The van der Waals surface area contributed by atoms with Gasteiger partial charge in [-0.25, -0.2) is 0 Å². The quantitative estimate of drug-likeness (QED) is 0.464. The Balaban J connectivity index is 1.66. The molecule has 0 heterocycles. The first-order chi connectivity index (χ1) is 9.49. The van der Waals surface area contributed by atoms with Crippen LogP contribution < -0.4 is 0 Å². The SMILES string of the molecule is CCCC(C)CC1C(C)C1CCC1CCC(C)(CC)C1. The zero-order valence-electron chi connectivity index (χ0n) is 14.8. The van der Waals surface area contributed by atoms with Crippen molar-refractivity contribution in [3.8, 4) is 0 Å². The Labute approximate surface area is 128 Å². The molecule has 2 fully saturated rings. The molecule has 2 aliphatic rings. The molecule has 2 saturated carbocycles. The number of hydrogen-bond acceptors (Lipinski definition) is 0. The van der Waals surface area contributed by atoms with Crippen LogP contribution in [0.3, 0.4) is 0 Å². The Kier molecular flexibility index (Phi) is 5.60. The zero-order chi connectivity index (χ0) is 14.8. The lowest BCUT2D eigenvalue weighted by atomic mass is 9.84. The van der Waals surface area contributed by atoms with Crippen LogP contribution in [0.25, 0.3) is 0 Å². The lowest BCUT2D eigenvalue weighted by Gasteiger charge is -2.21. The highest BCUT2D eigenvalue weighted by Crippen LogP contribution is 2.54. The first-order valence-corrected chi connectivity index (χ1v) is 9.49. The molecule has 0 bridgehead atoms. The topological polar surface area (TPSA) is 0 Å². The summed E-state index contributed by atoms with van der Waals surface area (Å²) in [6, 6.07) is 0. The molecule has 0 heteroatoms. The van der Waals surface area contributed by atoms with Crippen LogP contribution in [0.5, 0.6) is 0 Å². The summed E-state index contributed by atoms with van der Waals surface area (Å²) in [7, 11) is 0. The summed E-state index contributed by atoms with van der Waals surface area (Å²) in [5.74, 6) is 5.22. The van der Waals surface area contributed by atoms with Crippen molar-refractivity contribution in [1.82, 2.24) is 0 Å². The smallest absolute Gasteiger partial charge is 0.0326 e. The van der Waals surface area contributed by atoms with E-state index in [1.807, 2.05) is 0 Å². The van der Waals surface area contributed by atoms with Crippen molar-refractivity contribution in [3.05, 3.63) is 0 Å². The monoisotopic (exact) mass is 278 g/mol. The normalized spacial score (nSPS) is 41.9. The van der Waals surface area contributed by atoms with E-state index in [0.29, 0.717) is 5.41 Å². The highest BCUT2D eigenvalue weighted by atomic mass is 14.5. The summed E-state index contributed by atoms with van der Waals surface area (Å²) in [6.07, 6.45) is 13.3. The summed E-state index contributed by atoms with van der Waals surface area (Å²) in [5, 5.41) is 0. The van der Waals surface area contributed by atoms with Gasteiger partial charge in [0.2, 0.25) is 0 Å². The Bertz CT molecular complexity index is 294. The third-order valence-corrected chi connectivity index (χ3v) is 6.92. The molecule has 0 amide bonds. The number of rotatable bonds is 8. The first kappa shape index (κ1) is 16.4. The van der Waals surface area contributed by atoms with Gasteiger partial charge in [-0.3, -0.25) is 0 Å². The highest BCUT2D eigenvalue weighted by molar-refractivity contribution is 4.95. The van der Waals surface area contributed by atoms with Gasteiger partial charge in [-0.1, -0.05) is 60.3 Å². The second-order valence-corrected chi connectivity index (χ2v) is 8.67. The minimum atomic E-state index is 0.689. The number of hydrogen-bond donors (Lipinski definition) is 0. The molecule has 0 aromatic rings. The zero-order valence-corrected chi connectivity index (χ0v) is 14.8. The van der Waals surface area contributed by atoms with Crippen molar-refractivity contribution in [1.29, 1.82) is 0 Å². The molecule has 0 saturated heterocycles. The third kappa shape index (κ3) is 4.01. The maximum absolute atomic E-state index is 2.52. The fourth-order valence-corrected chi connectivity index (χ4v) is 5.03. The third-order valence-electron chi connectivity index (χ3n) is 6.92. The summed E-state index contributed by atoms with van der Waals surface area (Å²) >= 11 is 0. The Morgan fingerprint density at radius 3 is 2.50 bits per heavy atom. The molecule has 0 N–H and O–H groups in total. The van der Waals surface area contributed by atoms with Crippen LogP contribution in [0.1, 0.15) is 92.4 Å². The van der Waals surface area contributed by atoms with Crippen LogP contribution in [0.4, 0.5) is 0 Å². The van der Waals surface area contributed by atoms with E-state index in [1.54, 1.807) is 0 Å². The molecule has 0 aromatic carbocycles. The van der Waals surface area contributed by atoms with E-state index in [2.05, 4.69) is 34.6 Å². The molecule has 2 rings (SSSR count). The first-order valence-electron chi connectivity index (χ1n) is 9.49. The second-order valence-electron chi connectivity index (χ2n) is 8.67. The average molecular weight is 279 g/mol. The summed E-state index contributed by atoms with van der Waals surface area (Å²) in [5.41, 5.74) is 0.689. The molecule has 2 aliphatic carbocycles. The fourth-order valence-electron chi connectivity index (χ4n) is 5.03. The van der Waals surface area contributed by atoms with Gasteiger partial charge >= 0.3 is 0 Å². The van der Waals surface area contributed by atoms with Crippen LogP contribution in [-0.2, 0) is 0 Å². The van der Waals surface area contributed by atoms with Gasteiger partial charge < -0.3 is 0 Å². The van der Waals surface area contributed by atoms with E-state index < -0.39 is 0 Å². The Hall–Kier alpha value is 0. The van der Waals surface area contributed by atoms with Crippen molar-refractivity contribution >= 4 is 0 Å². The largest absolute Gasteiger partial charge is 0.0654 e. The van der Waals surface area contributed by atoms with Crippen molar-refractivity contribution < 1.29 is 0 Å². The van der Waals surface area contributed by atoms with E-state index in [9.17, 15) is 0 Å². The fraction of sp³-hybridized carbons (Fsp3) is 1.00. The molecule has 6 unspecified atom stereocenters. The molecular weight excluding hydrogens is 240 g/mol. The highest BCUT2D eigenvalue weighted by Gasteiger charge is 2.46. The molecule has 0 nitrogen and oxygen atoms in total. The van der Waals surface area contributed by atoms with E-state index >= 15 is 0 Å². The van der Waals surface area contributed by atoms with Gasteiger partial charge in [-0.05, 0) is 67.1 Å². The molecule has 6 atom stereocenters. The molecule has 0 aliphatic heterocycles. The second kappa shape index (κ2) is 6.84. The predicted octanol–water partition coefficient (Wildman–Crippen LogP) is 6.69. The van der Waals surface area contributed by atoms with Gasteiger partial charge in [0.05, 0.1) is 0 Å². The molecule has 118 valence electrons. The Morgan fingerprint density at radius 2 is 1.90 bits per heavy atom. The van der Waals surface area contributed by atoms with Crippen molar-refractivity contribution in [2.24, 2.45) is 35.0 Å². The summed E-state index contributed by atoms with van der Waals surface area (Å²) in [6.45, 7) is 12.2. The van der Waals surface area contributed by atoms with Crippen LogP contribution in [-0.4, -0.2) is 0 Å². The molecule has 0 spiro atoms. The summed E-state index contributed by atoms with van der Waals surface area (Å²) < 4.78 is 0. The van der Waals surface area contributed by atoms with E-state index in [1.165, 1.54) is 57.8 Å². The van der Waals surface area contributed by atoms with E-state index in [0.717, 1.165) is 29.6 Å². The molecule has 0 aromatic heterocycles. The van der Waals surface area contributed by atoms with E-state index in [-0.39, 0.29) is 0 Å². The van der Waals surface area contributed by atoms with Gasteiger partial charge in [-0.2, -0.15) is 0 Å². The van der Waals surface area contributed by atoms with Gasteiger partial charge in [0.25, 0.3) is 0 Å². The average Bonchev–Trinajstić information content (AvgIpc) is 2.84. The van der Waals surface area contributed by atoms with Crippen LogP contribution in [0.15, 0.2) is 0 Å². The lowest BCUT2D eigenvalue weighted by Crippen LogP contribution is -2.09. The van der Waals surface area contributed by atoms with Crippen LogP contribution >= 0.6 is 0 Å². The lowest BCUT2D eigenvalue weighted by molar-refractivity contribution is 0.300.